The first kappa shape index (κ1) is 20.7. The Balaban J connectivity index is 2.64. The van der Waals surface area contributed by atoms with Gasteiger partial charge in [0, 0.05) is 25.7 Å². The Hall–Kier alpha value is -1.30. The molecule has 0 aromatic carbocycles. The van der Waals surface area contributed by atoms with E-state index in [9.17, 15) is 9.59 Å². The third-order valence-electron chi connectivity index (χ3n) is 4.30. The molecule has 140 valence electrons. The molecule has 1 heterocycles. The highest BCUT2D eigenvalue weighted by molar-refractivity contribution is 5.82. The number of nitrogens with zero attached hydrogens (tertiary/aromatic N) is 2. The van der Waals surface area contributed by atoms with Gasteiger partial charge in [-0.3, -0.25) is 4.79 Å². The summed E-state index contributed by atoms with van der Waals surface area (Å²) < 4.78 is 5.43. The molecule has 0 aliphatic carbocycles. The standard InChI is InChI=1S/C18H35N3O3/c1-12(2)15(19)16(22)21(13(3)4)11-14-8-9-20(10-14)17(23)24-18(5,6)7/h12-15H,8-11,19H2,1-7H3/t14?,15-/m0/s1. The monoisotopic (exact) mass is 341 g/mol. The van der Waals surface area contributed by atoms with Crippen molar-refractivity contribution >= 4 is 12.0 Å². The van der Waals surface area contributed by atoms with Crippen molar-refractivity contribution in [3.8, 4) is 0 Å². The van der Waals surface area contributed by atoms with E-state index in [1.807, 2.05) is 53.4 Å². The van der Waals surface area contributed by atoms with Crippen LogP contribution >= 0.6 is 0 Å². The molecule has 1 aliphatic rings. The number of nitrogens with two attached hydrogens (primary N) is 1. The van der Waals surface area contributed by atoms with Gasteiger partial charge in [0.25, 0.3) is 0 Å². The van der Waals surface area contributed by atoms with Crippen LogP contribution in [-0.2, 0) is 9.53 Å². The second kappa shape index (κ2) is 8.19. The fourth-order valence-corrected chi connectivity index (χ4v) is 2.78. The van der Waals surface area contributed by atoms with Crippen LogP contribution in [-0.4, -0.2) is 59.1 Å². The topological polar surface area (TPSA) is 75.9 Å². The molecule has 0 aromatic heterocycles. The van der Waals surface area contributed by atoms with Crippen molar-refractivity contribution in [1.29, 1.82) is 0 Å². The summed E-state index contributed by atoms with van der Waals surface area (Å²) in [6, 6.07) is -0.381. The van der Waals surface area contributed by atoms with Gasteiger partial charge in [0.2, 0.25) is 5.91 Å². The molecule has 24 heavy (non-hydrogen) atoms. The minimum absolute atomic E-state index is 0.00396. The Bertz CT molecular complexity index is 443. The predicted octanol–water partition coefficient (Wildman–Crippen LogP) is 2.46. The van der Waals surface area contributed by atoms with Gasteiger partial charge in [-0.15, -0.1) is 0 Å². The smallest absolute Gasteiger partial charge is 0.410 e. The van der Waals surface area contributed by atoms with Gasteiger partial charge < -0.3 is 20.3 Å². The number of likely N-dealkylation sites (tertiary alicyclic amines) is 1. The highest BCUT2D eigenvalue weighted by Gasteiger charge is 2.33. The number of rotatable bonds is 5. The molecule has 1 aliphatic heterocycles. The average Bonchev–Trinajstić information content (AvgIpc) is 2.89. The number of amides is 2. The lowest BCUT2D eigenvalue weighted by Gasteiger charge is -2.32. The minimum Gasteiger partial charge on any atom is -0.444 e. The normalized spacial score (nSPS) is 19.8. The van der Waals surface area contributed by atoms with Crippen molar-refractivity contribution in [1.82, 2.24) is 9.80 Å². The molecule has 0 aromatic rings. The second-order valence-corrected chi connectivity index (χ2v) is 8.44. The zero-order chi connectivity index (χ0) is 18.7. The van der Waals surface area contributed by atoms with Crippen LogP contribution in [0.2, 0.25) is 0 Å². The first-order chi connectivity index (χ1) is 10.9. The van der Waals surface area contributed by atoms with E-state index in [1.165, 1.54) is 0 Å². The SMILES string of the molecule is CC(C)[C@H](N)C(=O)N(CC1CCN(C(=O)OC(C)(C)C)C1)C(C)C. The zero-order valence-electron chi connectivity index (χ0n) is 16.3. The van der Waals surface area contributed by atoms with Crippen LogP contribution in [0.15, 0.2) is 0 Å². The largest absolute Gasteiger partial charge is 0.444 e. The molecule has 6 nitrogen and oxygen atoms in total. The van der Waals surface area contributed by atoms with Gasteiger partial charge in [-0.1, -0.05) is 13.8 Å². The van der Waals surface area contributed by atoms with Crippen LogP contribution in [0.25, 0.3) is 0 Å². The molecule has 1 rings (SSSR count). The van der Waals surface area contributed by atoms with E-state index >= 15 is 0 Å². The molecule has 2 atom stereocenters. The number of carbonyl (C=O) groups is 2. The van der Waals surface area contributed by atoms with Crippen molar-refractivity contribution in [2.24, 2.45) is 17.6 Å². The summed E-state index contributed by atoms with van der Waals surface area (Å²) in [6.45, 7) is 15.5. The quantitative estimate of drug-likeness (QED) is 0.833. The lowest BCUT2D eigenvalue weighted by molar-refractivity contribution is -0.135. The number of hydrogen-bond acceptors (Lipinski definition) is 4. The first-order valence-corrected chi connectivity index (χ1v) is 8.96. The third-order valence-corrected chi connectivity index (χ3v) is 4.30. The molecule has 0 radical (unpaired) electrons. The third kappa shape index (κ3) is 5.96. The molecular formula is C18H35N3O3. The molecule has 0 bridgehead atoms. The summed E-state index contributed by atoms with van der Waals surface area (Å²) in [7, 11) is 0. The highest BCUT2D eigenvalue weighted by Crippen LogP contribution is 2.22. The molecule has 1 fully saturated rings. The highest BCUT2D eigenvalue weighted by atomic mass is 16.6. The minimum atomic E-state index is -0.487. The molecule has 2 amide bonds. The fraction of sp³-hybridized carbons (Fsp3) is 0.889. The Morgan fingerprint density at radius 1 is 1.25 bits per heavy atom. The molecule has 0 spiro atoms. The van der Waals surface area contributed by atoms with Crippen LogP contribution < -0.4 is 5.73 Å². The lowest BCUT2D eigenvalue weighted by Crippen LogP contribution is -2.51. The molecular weight excluding hydrogens is 306 g/mol. The van der Waals surface area contributed by atoms with Gasteiger partial charge in [0.15, 0.2) is 0 Å². The van der Waals surface area contributed by atoms with Crippen LogP contribution in [0.4, 0.5) is 4.79 Å². The maximum Gasteiger partial charge on any atom is 0.410 e. The van der Waals surface area contributed by atoms with E-state index in [0.29, 0.717) is 19.6 Å². The summed E-state index contributed by atoms with van der Waals surface area (Å²) in [5.41, 5.74) is 5.56. The predicted molar refractivity (Wildman–Crippen MR) is 95.6 cm³/mol. The van der Waals surface area contributed by atoms with Crippen molar-refractivity contribution in [3.63, 3.8) is 0 Å². The van der Waals surface area contributed by atoms with Gasteiger partial charge in [-0.2, -0.15) is 0 Å². The van der Waals surface area contributed by atoms with E-state index in [1.54, 1.807) is 4.90 Å². The van der Waals surface area contributed by atoms with E-state index in [-0.39, 0.29) is 29.9 Å². The second-order valence-electron chi connectivity index (χ2n) is 8.44. The summed E-state index contributed by atoms with van der Waals surface area (Å²) in [5, 5.41) is 0. The van der Waals surface area contributed by atoms with Crippen molar-refractivity contribution in [2.45, 2.75) is 72.6 Å². The summed E-state index contributed by atoms with van der Waals surface area (Å²) >= 11 is 0. The number of hydrogen-bond donors (Lipinski definition) is 1. The van der Waals surface area contributed by atoms with Gasteiger partial charge in [-0.25, -0.2) is 4.79 Å². The summed E-state index contributed by atoms with van der Waals surface area (Å²) in [4.78, 5) is 28.4. The van der Waals surface area contributed by atoms with E-state index in [4.69, 9.17) is 10.5 Å². The Morgan fingerprint density at radius 3 is 2.29 bits per heavy atom. The van der Waals surface area contributed by atoms with Gasteiger partial charge in [0.1, 0.15) is 5.60 Å². The number of carbonyl (C=O) groups excluding carboxylic acids is 2. The zero-order valence-corrected chi connectivity index (χ0v) is 16.3. The van der Waals surface area contributed by atoms with Crippen molar-refractivity contribution < 1.29 is 14.3 Å². The molecule has 0 saturated carbocycles. The van der Waals surface area contributed by atoms with E-state index < -0.39 is 11.6 Å². The average molecular weight is 341 g/mol. The molecule has 1 saturated heterocycles. The molecule has 6 heteroatoms. The lowest BCUT2D eigenvalue weighted by atomic mass is 10.0. The Kier molecular flexibility index (Phi) is 7.08. The fourth-order valence-electron chi connectivity index (χ4n) is 2.78. The maximum atomic E-state index is 12.6. The van der Waals surface area contributed by atoms with Crippen LogP contribution in [0.1, 0.15) is 54.9 Å². The van der Waals surface area contributed by atoms with E-state index in [2.05, 4.69) is 0 Å². The van der Waals surface area contributed by atoms with Crippen LogP contribution in [0, 0.1) is 11.8 Å². The first-order valence-electron chi connectivity index (χ1n) is 8.96. The Morgan fingerprint density at radius 2 is 1.83 bits per heavy atom. The van der Waals surface area contributed by atoms with Gasteiger partial charge in [0.05, 0.1) is 6.04 Å². The molecule has 1 unspecified atom stereocenters. The van der Waals surface area contributed by atoms with Crippen LogP contribution in [0.3, 0.4) is 0 Å². The van der Waals surface area contributed by atoms with Gasteiger partial charge in [-0.05, 0) is 52.9 Å². The maximum absolute atomic E-state index is 12.6. The molecule has 2 N–H and O–H groups in total. The Labute approximate surface area is 146 Å². The van der Waals surface area contributed by atoms with Crippen molar-refractivity contribution in [2.75, 3.05) is 19.6 Å². The summed E-state index contributed by atoms with van der Waals surface area (Å²) in [6.07, 6.45) is 0.610. The number of ether oxygens (including phenoxy) is 1. The summed E-state index contributed by atoms with van der Waals surface area (Å²) in [5.74, 6) is 0.375. The van der Waals surface area contributed by atoms with Crippen LogP contribution in [0.5, 0.6) is 0 Å². The van der Waals surface area contributed by atoms with E-state index in [0.717, 1.165) is 6.42 Å². The van der Waals surface area contributed by atoms with Crippen molar-refractivity contribution in [3.05, 3.63) is 0 Å². The van der Waals surface area contributed by atoms with Gasteiger partial charge >= 0.3 is 6.09 Å².